The van der Waals surface area contributed by atoms with E-state index in [1.165, 1.54) is 61.5 Å². The quantitative estimate of drug-likeness (QED) is 0.554. The Morgan fingerprint density at radius 3 is 2.44 bits per heavy atom. The summed E-state index contributed by atoms with van der Waals surface area (Å²) in [5.41, 5.74) is 0.744. The highest BCUT2D eigenvalue weighted by atomic mass is 32.2. The third-order valence-corrected chi connectivity index (χ3v) is 4.99. The Morgan fingerprint density at radius 1 is 1.12 bits per heavy atom. The first-order valence-electron chi connectivity index (χ1n) is 7.26. The summed E-state index contributed by atoms with van der Waals surface area (Å²) in [4.78, 5) is 13.5. The van der Waals surface area contributed by atoms with E-state index in [-0.39, 0.29) is 22.1 Å². The highest BCUT2D eigenvalue weighted by molar-refractivity contribution is 7.89. The van der Waals surface area contributed by atoms with Crippen molar-refractivity contribution in [1.82, 2.24) is 4.72 Å². The van der Waals surface area contributed by atoms with Gasteiger partial charge < -0.3 is 15.1 Å². The molecule has 0 atom stereocenters. The van der Waals surface area contributed by atoms with Crippen LogP contribution in [0.25, 0.3) is 6.08 Å². The number of amides is 1. The molecule has 0 fully saturated rings. The summed E-state index contributed by atoms with van der Waals surface area (Å²) in [7, 11) is -0.954. The van der Waals surface area contributed by atoms with Crippen molar-refractivity contribution < 1.29 is 23.4 Å². The third kappa shape index (κ3) is 4.17. The fourth-order valence-corrected chi connectivity index (χ4v) is 3.07. The van der Waals surface area contributed by atoms with Crippen molar-refractivity contribution in [2.75, 3.05) is 19.0 Å². The van der Waals surface area contributed by atoms with Crippen molar-refractivity contribution in [2.45, 2.75) is 4.90 Å². The molecule has 0 aromatic heterocycles. The van der Waals surface area contributed by atoms with Crippen molar-refractivity contribution in [1.29, 1.82) is 0 Å². The molecule has 1 amide bonds. The second-order valence-corrected chi connectivity index (χ2v) is 7.01. The average Bonchev–Trinajstić information content (AvgIpc) is 2.61. The molecule has 132 valence electrons. The van der Waals surface area contributed by atoms with Crippen LogP contribution in [0.4, 0.5) is 5.69 Å². The van der Waals surface area contributed by atoms with E-state index < -0.39 is 15.9 Å². The summed E-state index contributed by atoms with van der Waals surface area (Å²) in [6.45, 7) is 0. The fourth-order valence-electron chi connectivity index (χ4n) is 2.11. The highest BCUT2D eigenvalue weighted by Gasteiger charge is 2.20. The van der Waals surface area contributed by atoms with Crippen LogP contribution in [0, 0.1) is 0 Å². The molecule has 0 spiro atoms. The SMILES string of the molecule is CNS(=O)(=O)c1ccccc1N(C)C(=O)/C=C/c1ccc(O)c(O)c1. The Morgan fingerprint density at radius 2 is 1.80 bits per heavy atom. The Balaban J connectivity index is 2.29. The minimum absolute atomic E-state index is 0.0102. The van der Waals surface area contributed by atoms with E-state index in [9.17, 15) is 23.4 Å². The van der Waals surface area contributed by atoms with E-state index in [1.807, 2.05) is 0 Å². The Labute approximate surface area is 145 Å². The molecule has 0 bridgehead atoms. The van der Waals surface area contributed by atoms with E-state index in [2.05, 4.69) is 4.72 Å². The standard InChI is InChI=1S/C17H18N2O5S/c1-18-25(23,24)16-6-4-3-5-13(16)19(2)17(22)10-8-12-7-9-14(20)15(21)11-12/h3-11,18,20-21H,1-2H3/b10-8+. The topological polar surface area (TPSA) is 107 Å². The van der Waals surface area contributed by atoms with Crippen LogP contribution in [0.1, 0.15) is 5.56 Å². The van der Waals surface area contributed by atoms with E-state index in [0.29, 0.717) is 5.56 Å². The molecule has 0 aliphatic rings. The van der Waals surface area contributed by atoms with Crippen LogP contribution in [-0.4, -0.2) is 38.6 Å². The Hall–Kier alpha value is -2.84. The van der Waals surface area contributed by atoms with Gasteiger partial charge in [-0.1, -0.05) is 18.2 Å². The average molecular weight is 362 g/mol. The summed E-state index contributed by atoms with van der Waals surface area (Å²) in [5.74, 6) is -1.01. The van der Waals surface area contributed by atoms with Crippen LogP contribution < -0.4 is 9.62 Å². The van der Waals surface area contributed by atoms with Gasteiger partial charge in [0.1, 0.15) is 4.90 Å². The van der Waals surface area contributed by atoms with Crippen molar-refractivity contribution in [2.24, 2.45) is 0 Å². The molecule has 0 aliphatic heterocycles. The molecule has 0 aliphatic carbocycles. The summed E-state index contributed by atoms with van der Waals surface area (Å²) in [6.07, 6.45) is 2.70. The van der Waals surface area contributed by atoms with Crippen molar-refractivity contribution in [3.8, 4) is 11.5 Å². The van der Waals surface area contributed by atoms with Crippen LogP contribution in [0.5, 0.6) is 11.5 Å². The second kappa shape index (κ2) is 7.37. The normalized spacial score (nSPS) is 11.6. The number of benzene rings is 2. The number of nitrogens with one attached hydrogen (secondary N) is 1. The van der Waals surface area contributed by atoms with Crippen LogP contribution >= 0.6 is 0 Å². The monoisotopic (exact) mass is 362 g/mol. The molecule has 0 radical (unpaired) electrons. The predicted molar refractivity (Wildman–Crippen MR) is 94.9 cm³/mol. The number of aromatic hydroxyl groups is 2. The molecule has 8 heteroatoms. The Kier molecular flexibility index (Phi) is 5.45. The van der Waals surface area contributed by atoms with E-state index in [1.54, 1.807) is 12.1 Å². The van der Waals surface area contributed by atoms with Crippen molar-refractivity contribution in [3.05, 3.63) is 54.1 Å². The van der Waals surface area contributed by atoms with Crippen LogP contribution in [-0.2, 0) is 14.8 Å². The van der Waals surface area contributed by atoms with Gasteiger partial charge >= 0.3 is 0 Å². The lowest BCUT2D eigenvalue weighted by Gasteiger charge is -2.19. The maximum atomic E-state index is 12.3. The summed E-state index contributed by atoms with van der Waals surface area (Å²) >= 11 is 0. The second-order valence-electron chi connectivity index (χ2n) is 5.15. The van der Waals surface area contributed by atoms with Gasteiger partial charge in [0.15, 0.2) is 11.5 Å². The number of anilines is 1. The first-order chi connectivity index (χ1) is 11.8. The van der Waals surface area contributed by atoms with Crippen molar-refractivity contribution >= 4 is 27.7 Å². The summed E-state index contributed by atoms with van der Waals surface area (Å²) in [5, 5.41) is 18.7. The van der Waals surface area contributed by atoms with E-state index in [0.717, 1.165) is 0 Å². The van der Waals surface area contributed by atoms with Gasteiger partial charge in [-0.15, -0.1) is 0 Å². The maximum absolute atomic E-state index is 12.3. The minimum atomic E-state index is -3.71. The smallest absolute Gasteiger partial charge is 0.250 e. The molecule has 0 saturated carbocycles. The summed E-state index contributed by atoms with van der Waals surface area (Å²) in [6, 6.07) is 10.3. The van der Waals surface area contributed by atoms with E-state index >= 15 is 0 Å². The number of hydrogen-bond acceptors (Lipinski definition) is 5. The third-order valence-electron chi connectivity index (χ3n) is 3.53. The largest absolute Gasteiger partial charge is 0.504 e. The van der Waals surface area contributed by atoms with Crippen molar-refractivity contribution in [3.63, 3.8) is 0 Å². The number of carbonyl (C=O) groups excluding carboxylic acids is 1. The zero-order chi connectivity index (χ0) is 18.6. The molecular weight excluding hydrogens is 344 g/mol. The Bertz CT molecular complexity index is 922. The lowest BCUT2D eigenvalue weighted by atomic mass is 10.2. The zero-order valence-corrected chi connectivity index (χ0v) is 14.5. The first kappa shape index (κ1) is 18.5. The molecular formula is C17H18N2O5S. The minimum Gasteiger partial charge on any atom is -0.504 e. The molecule has 0 unspecified atom stereocenters. The number of carbonyl (C=O) groups is 1. The number of likely N-dealkylation sites (N-methyl/N-ethyl adjacent to an activating group) is 1. The number of hydrogen-bond donors (Lipinski definition) is 3. The highest BCUT2D eigenvalue weighted by Crippen LogP contribution is 2.26. The number of phenolic OH excluding ortho intramolecular Hbond substituents is 2. The molecule has 0 saturated heterocycles. The fraction of sp³-hybridized carbons (Fsp3) is 0.118. The molecule has 2 rings (SSSR count). The first-order valence-corrected chi connectivity index (χ1v) is 8.75. The predicted octanol–water partition coefficient (Wildman–Crippen LogP) is 1.68. The molecule has 0 heterocycles. The lowest BCUT2D eigenvalue weighted by molar-refractivity contribution is -0.113. The van der Waals surface area contributed by atoms with Gasteiger partial charge in [0.05, 0.1) is 5.69 Å². The number of rotatable bonds is 5. The van der Waals surface area contributed by atoms with Crippen LogP contribution in [0.2, 0.25) is 0 Å². The maximum Gasteiger partial charge on any atom is 0.250 e. The van der Waals surface area contributed by atoms with Gasteiger partial charge in [-0.25, -0.2) is 13.1 Å². The van der Waals surface area contributed by atoms with Gasteiger partial charge in [0.2, 0.25) is 10.0 Å². The molecule has 25 heavy (non-hydrogen) atoms. The molecule has 7 nitrogen and oxygen atoms in total. The number of phenols is 2. The molecule has 2 aromatic carbocycles. The van der Waals surface area contributed by atoms with Crippen LogP contribution in [0.3, 0.4) is 0 Å². The van der Waals surface area contributed by atoms with Gasteiger partial charge in [-0.3, -0.25) is 4.79 Å². The number of para-hydroxylation sites is 1. The van der Waals surface area contributed by atoms with Gasteiger partial charge in [0, 0.05) is 13.1 Å². The summed E-state index contributed by atoms with van der Waals surface area (Å²) < 4.78 is 26.4. The van der Waals surface area contributed by atoms with Crippen LogP contribution in [0.15, 0.2) is 53.4 Å². The number of sulfonamides is 1. The van der Waals surface area contributed by atoms with Gasteiger partial charge in [-0.05, 0) is 43.0 Å². The molecule has 3 N–H and O–H groups in total. The van der Waals surface area contributed by atoms with E-state index in [4.69, 9.17) is 0 Å². The number of nitrogens with zero attached hydrogens (tertiary/aromatic N) is 1. The lowest BCUT2D eigenvalue weighted by Crippen LogP contribution is -2.28. The zero-order valence-electron chi connectivity index (χ0n) is 13.7. The van der Waals surface area contributed by atoms with Gasteiger partial charge in [0.25, 0.3) is 5.91 Å². The molecule has 2 aromatic rings. The van der Waals surface area contributed by atoms with Gasteiger partial charge in [-0.2, -0.15) is 0 Å².